The Hall–Kier alpha value is -0.710. The normalized spacial score (nSPS) is 36.9. The van der Waals surface area contributed by atoms with Crippen LogP contribution < -0.4 is 5.32 Å². The Morgan fingerprint density at radius 1 is 1.58 bits per heavy atom. The first-order valence-corrected chi connectivity index (χ1v) is 6.51. The average molecular weight is 305 g/mol. The number of aromatic amines is 1. The van der Waals surface area contributed by atoms with E-state index in [1.165, 1.54) is 4.57 Å². The van der Waals surface area contributed by atoms with Crippen LogP contribution in [0.1, 0.15) is 6.23 Å². The second kappa shape index (κ2) is 4.40. The molecule has 104 valence electrons. The Kier molecular flexibility index (Phi) is 3.08. The molecule has 2 saturated heterocycles. The van der Waals surface area contributed by atoms with E-state index in [1.807, 2.05) is 0 Å². The molecule has 3 heterocycles. The zero-order valence-corrected chi connectivity index (χ0v) is 11.3. The lowest BCUT2D eigenvalue weighted by molar-refractivity contribution is -0.0467. The molecule has 2 aliphatic rings. The molecule has 0 amide bonds. The van der Waals surface area contributed by atoms with Crippen LogP contribution in [-0.2, 0) is 4.74 Å². The maximum Gasteiger partial charge on any atom is 0.180 e. The minimum Gasteiger partial charge on any atom is -0.394 e. The van der Waals surface area contributed by atoms with Crippen LogP contribution in [0.25, 0.3) is 0 Å². The lowest BCUT2D eigenvalue weighted by atomic mass is 10.00. The summed E-state index contributed by atoms with van der Waals surface area (Å²) >= 11 is 9.86. The van der Waals surface area contributed by atoms with Crippen molar-refractivity contribution >= 4 is 24.4 Å². The number of hydrogen-bond donors (Lipinski definition) is 4. The Labute approximate surface area is 117 Å². The third-order valence-electron chi connectivity index (χ3n) is 3.57. The summed E-state index contributed by atoms with van der Waals surface area (Å²) in [5.41, 5.74) is -0.727. The Bertz CT molecular complexity index is 627. The van der Waals surface area contributed by atoms with Gasteiger partial charge in [0.2, 0.25) is 0 Å². The molecular weight excluding hydrogens is 293 g/mol. The van der Waals surface area contributed by atoms with Crippen molar-refractivity contribution in [2.24, 2.45) is 0 Å². The van der Waals surface area contributed by atoms with E-state index in [1.54, 1.807) is 0 Å². The van der Waals surface area contributed by atoms with E-state index in [0.717, 1.165) is 6.20 Å². The first kappa shape index (κ1) is 13.3. The van der Waals surface area contributed by atoms with Gasteiger partial charge < -0.3 is 25.3 Å². The molecule has 1 spiro atoms. The number of halogens is 1. The van der Waals surface area contributed by atoms with E-state index in [-0.39, 0.29) is 16.0 Å². The van der Waals surface area contributed by atoms with Crippen LogP contribution in [0.2, 0.25) is 0 Å². The van der Waals surface area contributed by atoms with Crippen molar-refractivity contribution in [3.63, 3.8) is 0 Å². The summed E-state index contributed by atoms with van der Waals surface area (Å²) in [5, 5.41) is 22.3. The predicted octanol–water partition coefficient (Wildman–Crippen LogP) is 0.00688. The molecule has 2 fully saturated rings. The first-order valence-electron chi connectivity index (χ1n) is 5.70. The molecule has 4 atom stereocenters. The maximum atomic E-state index is 13.6. The average Bonchev–Trinajstić information content (AvgIpc) is 3.11. The van der Waals surface area contributed by atoms with Gasteiger partial charge in [-0.15, -0.1) is 0 Å². The van der Waals surface area contributed by atoms with Gasteiger partial charge >= 0.3 is 0 Å². The molecule has 0 aliphatic carbocycles. The van der Waals surface area contributed by atoms with Crippen LogP contribution in [0.3, 0.4) is 0 Å². The van der Waals surface area contributed by atoms with Gasteiger partial charge in [0.25, 0.3) is 0 Å². The number of aromatic nitrogens is 2. The number of ether oxygens (including phenoxy) is 1. The largest absolute Gasteiger partial charge is 0.394 e. The van der Waals surface area contributed by atoms with E-state index in [2.05, 4.69) is 10.3 Å². The smallest absolute Gasteiger partial charge is 0.180 e. The van der Waals surface area contributed by atoms with E-state index < -0.39 is 29.8 Å². The van der Waals surface area contributed by atoms with Gasteiger partial charge in [-0.25, -0.2) is 4.39 Å². The maximum absolute atomic E-state index is 13.6. The van der Waals surface area contributed by atoms with Gasteiger partial charge in [-0.05, 0) is 12.2 Å². The van der Waals surface area contributed by atoms with Gasteiger partial charge in [-0.3, -0.25) is 4.57 Å². The molecule has 0 radical (unpaired) electrons. The highest BCUT2D eigenvalue weighted by Gasteiger charge is 2.64. The number of hydrogen-bond acceptors (Lipinski definition) is 6. The van der Waals surface area contributed by atoms with Crippen molar-refractivity contribution in [3.8, 4) is 0 Å². The van der Waals surface area contributed by atoms with Crippen molar-refractivity contribution in [3.05, 3.63) is 21.4 Å². The van der Waals surface area contributed by atoms with Crippen molar-refractivity contribution in [1.29, 1.82) is 0 Å². The summed E-state index contributed by atoms with van der Waals surface area (Å²) in [7, 11) is 0. The quantitative estimate of drug-likeness (QED) is 0.454. The molecule has 0 bridgehead atoms. The molecule has 2 aliphatic heterocycles. The fourth-order valence-corrected chi connectivity index (χ4v) is 2.88. The number of nitrogens with zero attached hydrogens (tertiary/aromatic N) is 1. The third kappa shape index (κ3) is 1.89. The fourth-order valence-electron chi connectivity index (χ4n) is 2.42. The van der Waals surface area contributed by atoms with Crippen LogP contribution in [0.15, 0.2) is 6.20 Å². The van der Waals surface area contributed by atoms with E-state index >= 15 is 0 Å². The number of aliphatic hydroxyl groups excluding tert-OH is 2. The van der Waals surface area contributed by atoms with Crippen LogP contribution >= 0.6 is 24.4 Å². The van der Waals surface area contributed by atoms with E-state index in [0.29, 0.717) is 6.54 Å². The van der Waals surface area contributed by atoms with Gasteiger partial charge in [0, 0.05) is 12.7 Å². The predicted molar refractivity (Wildman–Crippen MR) is 68.1 cm³/mol. The summed E-state index contributed by atoms with van der Waals surface area (Å²) in [6, 6.07) is 0. The molecule has 2 unspecified atom stereocenters. The summed E-state index contributed by atoms with van der Waals surface area (Å²) in [6.07, 6.45) is -1.14. The summed E-state index contributed by atoms with van der Waals surface area (Å²) in [5.74, 6) is -0.620. The highest BCUT2D eigenvalue weighted by molar-refractivity contribution is 7.72. The van der Waals surface area contributed by atoms with Gasteiger partial charge in [0.05, 0.1) is 6.61 Å². The number of H-pyrrole nitrogens is 1. The highest BCUT2D eigenvalue weighted by Crippen LogP contribution is 2.44. The van der Waals surface area contributed by atoms with Crippen LogP contribution in [0.4, 0.5) is 4.39 Å². The molecule has 0 aromatic carbocycles. The number of rotatable bonds is 2. The van der Waals surface area contributed by atoms with E-state index in [4.69, 9.17) is 29.2 Å². The molecule has 0 saturated carbocycles. The fraction of sp³-hybridized carbons (Fsp3) is 0.600. The molecule has 1 aromatic rings. The first-order chi connectivity index (χ1) is 8.99. The van der Waals surface area contributed by atoms with Gasteiger partial charge in [0.1, 0.15) is 22.4 Å². The summed E-state index contributed by atoms with van der Waals surface area (Å²) in [6.45, 7) is 0.189. The molecular formula is C10H12FN3O3S2. The lowest BCUT2D eigenvalue weighted by Crippen LogP contribution is -2.39. The summed E-state index contributed by atoms with van der Waals surface area (Å²) < 4.78 is 20.7. The monoisotopic (exact) mass is 305 g/mol. The highest BCUT2D eigenvalue weighted by atomic mass is 32.1. The Balaban J connectivity index is 2.06. The molecule has 19 heavy (non-hydrogen) atoms. The number of nitrogens with one attached hydrogen (secondary N) is 2. The van der Waals surface area contributed by atoms with Crippen molar-refractivity contribution in [2.75, 3.05) is 13.2 Å². The number of aliphatic hydroxyl groups is 2. The van der Waals surface area contributed by atoms with Crippen molar-refractivity contribution in [1.82, 2.24) is 14.9 Å². The zero-order chi connectivity index (χ0) is 13.8. The molecule has 4 N–H and O–H groups in total. The topological polar surface area (TPSA) is 92.4 Å². The second-order valence-corrected chi connectivity index (χ2v) is 5.49. The van der Waals surface area contributed by atoms with Gasteiger partial charge in [-0.2, -0.15) is 0 Å². The standard InChI is InChI=1S/C10H12FN3O3S2/c11-4-1-14(9(19)13-7(4)18)8-10(3-12-10)6(16)5(2-15)17-8/h1,5-6,8,12,15-16H,2-3H2,(H,13,18,19)/t5-,6?,8?,10+/m1/s1. The molecule has 1 aromatic heterocycles. The zero-order valence-electron chi connectivity index (χ0n) is 9.67. The minimum atomic E-state index is -0.879. The third-order valence-corrected chi connectivity index (χ3v) is 4.18. The van der Waals surface area contributed by atoms with Crippen molar-refractivity contribution < 1.29 is 19.3 Å². The summed E-state index contributed by atoms with van der Waals surface area (Å²) in [4.78, 5) is 2.56. The molecule has 3 rings (SSSR count). The van der Waals surface area contributed by atoms with E-state index in [9.17, 15) is 14.6 Å². The Morgan fingerprint density at radius 2 is 2.26 bits per heavy atom. The van der Waals surface area contributed by atoms with Crippen molar-refractivity contribution in [2.45, 2.75) is 24.0 Å². The second-order valence-electron chi connectivity index (χ2n) is 4.69. The Morgan fingerprint density at radius 3 is 2.84 bits per heavy atom. The van der Waals surface area contributed by atoms with Gasteiger partial charge in [-0.1, -0.05) is 12.2 Å². The van der Waals surface area contributed by atoms with Crippen LogP contribution in [-0.4, -0.2) is 50.7 Å². The SMILES string of the molecule is OC[C@H]1OC(n2cc(F)c(=S)[nH]c2=S)[C@]2(CN2)C1O. The molecule has 9 heteroatoms. The van der Waals surface area contributed by atoms with Crippen LogP contribution in [0.5, 0.6) is 0 Å². The van der Waals surface area contributed by atoms with Crippen LogP contribution in [0, 0.1) is 15.2 Å². The minimum absolute atomic E-state index is 0.0729. The van der Waals surface area contributed by atoms with Gasteiger partial charge in [0.15, 0.2) is 16.8 Å². The lowest BCUT2D eigenvalue weighted by Gasteiger charge is -2.20. The molecule has 6 nitrogen and oxygen atoms in total.